The van der Waals surface area contributed by atoms with Crippen molar-refractivity contribution in [2.24, 2.45) is 0 Å². The fourth-order valence-corrected chi connectivity index (χ4v) is 3.15. The molecule has 4 heteroatoms. The second kappa shape index (κ2) is 4.09. The minimum absolute atomic E-state index is 0.240. The molecular weight excluding hydrogens is 214 g/mol. The highest BCUT2D eigenvalue weighted by Crippen LogP contribution is 2.42. The molecule has 1 amide bonds. The maximum atomic E-state index is 12.2. The molecule has 3 rings (SSSR count). The summed E-state index contributed by atoms with van der Waals surface area (Å²) in [5.41, 5.74) is 2.32. The smallest absolute Gasteiger partial charge is 0.223 e. The zero-order valence-corrected chi connectivity index (χ0v) is 10.1. The van der Waals surface area contributed by atoms with Crippen LogP contribution in [0.1, 0.15) is 49.9 Å². The molecule has 2 bridgehead atoms. The molecule has 2 unspecified atom stereocenters. The zero-order valence-electron chi connectivity index (χ0n) is 10.1. The van der Waals surface area contributed by atoms with Crippen molar-refractivity contribution in [3.8, 4) is 0 Å². The highest BCUT2D eigenvalue weighted by atomic mass is 16.2. The summed E-state index contributed by atoms with van der Waals surface area (Å²) in [4.78, 5) is 22.7. The number of hydrogen-bond acceptors (Lipinski definition) is 3. The van der Waals surface area contributed by atoms with Crippen LogP contribution >= 0.6 is 0 Å². The third-order valence-electron chi connectivity index (χ3n) is 3.87. The van der Waals surface area contributed by atoms with Crippen LogP contribution < -0.4 is 0 Å². The number of rotatable bonds is 2. The topological polar surface area (TPSA) is 46.1 Å². The first kappa shape index (κ1) is 10.7. The van der Waals surface area contributed by atoms with E-state index < -0.39 is 0 Å². The number of aromatic nitrogens is 2. The van der Waals surface area contributed by atoms with Crippen molar-refractivity contribution in [3.63, 3.8) is 0 Å². The van der Waals surface area contributed by atoms with Crippen LogP contribution in [-0.4, -0.2) is 26.8 Å². The Labute approximate surface area is 101 Å². The van der Waals surface area contributed by atoms with Crippen LogP contribution in [0, 0.1) is 0 Å². The Kier molecular flexibility index (Phi) is 2.57. The maximum absolute atomic E-state index is 12.2. The van der Waals surface area contributed by atoms with Gasteiger partial charge >= 0.3 is 0 Å². The third-order valence-corrected chi connectivity index (χ3v) is 3.87. The molecule has 0 aliphatic carbocycles. The lowest BCUT2D eigenvalue weighted by Crippen LogP contribution is -2.42. The monoisotopic (exact) mass is 231 g/mol. The summed E-state index contributed by atoms with van der Waals surface area (Å²) >= 11 is 0. The van der Waals surface area contributed by atoms with Crippen molar-refractivity contribution in [3.05, 3.63) is 23.8 Å². The van der Waals surface area contributed by atoms with E-state index in [1.54, 1.807) is 6.33 Å². The van der Waals surface area contributed by atoms with E-state index in [2.05, 4.69) is 21.8 Å². The van der Waals surface area contributed by atoms with Gasteiger partial charge in [-0.1, -0.05) is 6.92 Å². The predicted molar refractivity (Wildman–Crippen MR) is 63.3 cm³/mol. The third kappa shape index (κ3) is 1.63. The molecule has 0 saturated carbocycles. The standard InChI is InChI=1S/C13H17N3O/c1-2-3-13(17)16-9-4-5-12(16)10-7-14-8-15-11(10)6-9/h7-9,12H,2-6H2,1H3. The summed E-state index contributed by atoms with van der Waals surface area (Å²) < 4.78 is 0. The fraction of sp³-hybridized carbons (Fsp3) is 0.615. The van der Waals surface area contributed by atoms with E-state index in [-0.39, 0.29) is 6.04 Å². The lowest BCUT2D eigenvalue weighted by atomic mass is 9.99. The second-order valence-electron chi connectivity index (χ2n) is 4.93. The minimum atomic E-state index is 0.240. The summed E-state index contributed by atoms with van der Waals surface area (Å²) in [7, 11) is 0. The van der Waals surface area contributed by atoms with Crippen LogP contribution in [0.3, 0.4) is 0 Å². The van der Waals surface area contributed by atoms with Gasteiger partial charge in [-0.2, -0.15) is 0 Å². The number of hydrogen-bond donors (Lipinski definition) is 0. The largest absolute Gasteiger partial charge is 0.332 e. The highest BCUT2D eigenvalue weighted by molar-refractivity contribution is 5.77. The lowest BCUT2D eigenvalue weighted by Gasteiger charge is -2.35. The first-order valence-corrected chi connectivity index (χ1v) is 6.41. The van der Waals surface area contributed by atoms with Gasteiger partial charge in [0, 0.05) is 30.6 Å². The molecule has 2 aliphatic heterocycles. The molecule has 1 aromatic heterocycles. The van der Waals surface area contributed by atoms with E-state index >= 15 is 0 Å². The molecule has 0 radical (unpaired) electrons. The molecule has 0 spiro atoms. The molecule has 2 atom stereocenters. The van der Waals surface area contributed by atoms with Crippen molar-refractivity contribution < 1.29 is 4.79 Å². The van der Waals surface area contributed by atoms with Crippen molar-refractivity contribution >= 4 is 5.91 Å². The Morgan fingerprint density at radius 2 is 2.41 bits per heavy atom. The van der Waals surface area contributed by atoms with Crippen molar-refractivity contribution in [2.45, 2.75) is 51.1 Å². The van der Waals surface area contributed by atoms with Gasteiger partial charge < -0.3 is 4.90 Å². The molecule has 90 valence electrons. The van der Waals surface area contributed by atoms with E-state index in [0.29, 0.717) is 18.4 Å². The van der Waals surface area contributed by atoms with Gasteiger partial charge in [0.2, 0.25) is 5.91 Å². The van der Waals surface area contributed by atoms with Crippen LogP contribution in [-0.2, 0) is 11.2 Å². The van der Waals surface area contributed by atoms with Crippen molar-refractivity contribution in [1.29, 1.82) is 0 Å². The molecule has 17 heavy (non-hydrogen) atoms. The molecule has 3 heterocycles. The van der Waals surface area contributed by atoms with Crippen LogP contribution in [0.15, 0.2) is 12.5 Å². The SMILES string of the molecule is CCCC(=O)N1C2CCC1c1cncnc1C2. The van der Waals surface area contributed by atoms with E-state index in [0.717, 1.165) is 31.4 Å². The maximum Gasteiger partial charge on any atom is 0.223 e. The molecule has 1 aromatic rings. The first-order chi connectivity index (χ1) is 8.31. The molecule has 0 N–H and O–H groups in total. The van der Waals surface area contributed by atoms with Gasteiger partial charge in [-0.25, -0.2) is 9.97 Å². The Morgan fingerprint density at radius 1 is 1.53 bits per heavy atom. The number of amides is 1. The average molecular weight is 231 g/mol. The fourth-order valence-electron chi connectivity index (χ4n) is 3.15. The number of carbonyl (C=O) groups is 1. The molecule has 4 nitrogen and oxygen atoms in total. The van der Waals surface area contributed by atoms with Gasteiger partial charge in [-0.15, -0.1) is 0 Å². The summed E-state index contributed by atoms with van der Waals surface area (Å²) in [5.74, 6) is 0.300. The van der Waals surface area contributed by atoms with Gasteiger partial charge in [-0.3, -0.25) is 4.79 Å². The van der Waals surface area contributed by atoms with Crippen LogP contribution in [0.4, 0.5) is 0 Å². The predicted octanol–water partition coefficient (Wildman–Crippen LogP) is 1.86. The van der Waals surface area contributed by atoms with Gasteiger partial charge in [-0.05, 0) is 19.3 Å². The van der Waals surface area contributed by atoms with E-state index in [1.165, 1.54) is 5.56 Å². The summed E-state index contributed by atoms with van der Waals surface area (Å²) in [6, 6.07) is 0.616. The molecule has 2 aliphatic rings. The van der Waals surface area contributed by atoms with Gasteiger partial charge in [0.25, 0.3) is 0 Å². The normalized spacial score (nSPS) is 25.8. The van der Waals surface area contributed by atoms with Gasteiger partial charge in [0.1, 0.15) is 6.33 Å². The Bertz CT molecular complexity index is 446. The van der Waals surface area contributed by atoms with Crippen LogP contribution in [0.2, 0.25) is 0 Å². The van der Waals surface area contributed by atoms with Crippen LogP contribution in [0.5, 0.6) is 0 Å². The lowest BCUT2D eigenvalue weighted by molar-refractivity contribution is -0.134. The Balaban J connectivity index is 1.94. The van der Waals surface area contributed by atoms with Gasteiger partial charge in [0.05, 0.1) is 11.7 Å². The molecule has 1 fully saturated rings. The average Bonchev–Trinajstić information content (AvgIpc) is 2.66. The highest BCUT2D eigenvalue weighted by Gasteiger charge is 2.42. The summed E-state index contributed by atoms with van der Waals surface area (Å²) in [5, 5.41) is 0. The number of fused-ring (bicyclic) bond motifs is 4. The first-order valence-electron chi connectivity index (χ1n) is 6.41. The molecule has 1 saturated heterocycles. The zero-order chi connectivity index (χ0) is 11.8. The summed E-state index contributed by atoms with van der Waals surface area (Å²) in [6.45, 7) is 2.06. The van der Waals surface area contributed by atoms with E-state index in [1.807, 2.05) is 6.20 Å². The second-order valence-corrected chi connectivity index (χ2v) is 4.93. The van der Waals surface area contributed by atoms with Crippen molar-refractivity contribution in [2.75, 3.05) is 0 Å². The Hall–Kier alpha value is -1.45. The van der Waals surface area contributed by atoms with Crippen molar-refractivity contribution in [1.82, 2.24) is 14.9 Å². The van der Waals surface area contributed by atoms with Gasteiger partial charge in [0.15, 0.2) is 0 Å². The van der Waals surface area contributed by atoms with E-state index in [4.69, 9.17) is 0 Å². The van der Waals surface area contributed by atoms with Crippen LogP contribution in [0.25, 0.3) is 0 Å². The molecular formula is C13H17N3O. The number of carbonyl (C=O) groups excluding carboxylic acids is 1. The summed E-state index contributed by atoms with van der Waals surface area (Å²) in [6.07, 6.45) is 8.17. The minimum Gasteiger partial charge on any atom is -0.332 e. The quantitative estimate of drug-likeness (QED) is 0.780. The number of nitrogens with zero attached hydrogens (tertiary/aromatic N) is 3. The Morgan fingerprint density at radius 3 is 3.24 bits per heavy atom. The van der Waals surface area contributed by atoms with E-state index in [9.17, 15) is 4.79 Å². The molecule has 0 aromatic carbocycles.